The Bertz CT molecular complexity index is 1160. The number of rotatable bonds is 2. The van der Waals surface area contributed by atoms with Crippen molar-refractivity contribution in [3.05, 3.63) is 41.5 Å². The Morgan fingerprint density at radius 2 is 2.04 bits per heavy atom. The molecule has 0 saturated carbocycles. The smallest absolute Gasteiger partial charge is 0.264 e. The zero-order valence-electron chi connectivity index (χ0n) is 14.8. The van der Waals surface area contributed by atoms with E-state index in [9.17, 15) is 4.79 Å². The Labute approximate surface area is 159 Å². The van der Waals surface area contributed by atoms with Crippen molar-refractivity contribution in [2.45, 2.75) is 0 Å². The summed E-state index contributed by atoms with van der Waals surface area (Å²) in [6.45, 7) is 2.48. The number of carbonyl (C=O) groups excluding carboxylic acids is 1. The Morgan fingerprint density at radius 1 is 1.19 bits per heavy atom. The van der Waals surface area contributed by atoms with Gasteiger partial charge in [0.05, 0.1) is 23.8 Å². The Kier molecular flexibility index (Phi) is 3.87. The number of nitrogens with zero attached hydrogens (tertiary/aromatic N) is 5. The second kappa shape index (κ2) is 6.40. The lowest BCUT2D eigenvalue weighted by Crippen LogP contribution is -2.40. The minimum absolute atomic E-state index is 0.0568. The number of hydrogen-bond acceptors (Lipinski definition) is 6. The molecule has 7 nitrogen and oxygen atoms in total. The molecule has 0 spiro atoms. The fourth-order valence-electron chi connectivity index (χ4n) is 3.28. The molecule has 0 aromatic carbocycles. The number of carbonyl (C=O) groups is 1. The van der Waals surface area contributed by atoms with Crippen LogP contribution in [0, 0.1) is 0 Å². The van der Waals surface area contributed by atoms with Crippen molar-refractivity contribution in [2.24, 2.45) is 7.05 Å². The van der Waals surface area contributed by atoms with Crippen molar-refractivity contribution in [3.8, 4) is 11.3 Å². The van der Waals surface area contributed by atoms with Crippen LogP contribution in [0.5, 0.6) is 0 Å². The molecule has 1 saturated heterocycles. The van der Waals surface area contributed by atoms with E-state index in [1.54, 1.807) is 10.9 Å². The monoisotopic (exact) mass is 379 g/mol. The van der Waals surface area contributed by atoms with Crippen LogP contribution in [0.25, 0.3) is 32.5 Å². The molecule has 27 heavy (non-hydrogen) atoms. The summed E-state index contributed by atoms with van der Waals surface area (Å²) in [5.74, 6) is 0.0568. The molecule has 0 atom stereocenters. The van der Waals surface area contributed by atoms with Gasteiger partial charge in [-0.3, -0.25) is 9.48 Å². The number of morpholine rings is 1. The molecular formula is C19H17N5O2S. The van der Waals surface area contributed by atoms with Gasteiger partial charge in [0.15, 0.2) is 5.65 Å². The summed E-state index contributed by atoms with van der Waals surface area (Å²) in [5.41, 5.74) is 2.50. The van der Waals surface area contributed by atoms with E-state index >= 15 is 0 Å². The predicted octanol–water partition coefficient (Wildman–Crippen LogP) is 2.72. The first-order valence-electron chi connectivity index (χ1n) is 8.75. The van der Waals surface area contributed by atoms with Gasteiger partial charge >= 0.3 is 0 Å². The fraction of sp³-hybridized carbons (Fsp3) is 0.263. The van der Waals surface area contributed by atoms with E-state index in [-0.39, 0.29) is 5.91 Å². The van der Waals surface area contributed by atoms with Crippen molar-refractivity contribution >= 4 is 38.5 Å². The van der Waals surface area contributed by atoms with E-state index < -0.39 is 0 Å². The highest BCUT2D eigenvalue weighted by Gasteiger charge is 2.21. The van der Waals surface area contributed by atoms with Crippen LogP contribution in [0.4, 0.5) is 0 Å². The van der Waals surface area contributed by atoms with E-state index in [2.05, 4.69) is 10.1 Å². The first kappa shape index (κ1) is 16.3. The summed E-state index contributed by atoms with van der Waals surface area (Å²) < 4.78 is 7.08. The molecule has 5 rings (SSSR count). The number of ether oxygens (including phenoxy) is 1. The fourth-order valence-corrected chi connectivity index (χ4v) is 4.28. The van der Waals surface area contributed by atoms with E-state index in [0.717, 1.165) is 37.4 Å². The molecule has 1 aliphatic heterocycles. The third-order valence-corrected chi connectivity index (χ3v) is 5.69. The maximum atomic E-state index is 12.7. The molecule has 1 fully saturated rings. The number of aromatic nitrogens is 4. The Morgan fingerprint density at radius 3 is 2.89 bits per heavy atom. The number of aryl methyl sites for hydroxylation is 1. The molecule has 1 aliphatic rings. The van der Waals surface area contributed by atoms with Crippen molar-refractivity contribution in [2.75, 3.05) is 26.3 Å². The van der Waals surface area contributed by atoms with Crippen LogP contribution in [-0.2, 0) is 11.8 Å². The number of hydrogen-bond donors (Lipinski definition) is 0. The highest BCUT2D eigenvalue weighted by molar-refractivity contribution is 7.20. The standard InChI is InChI=1S/C19H17N5O2S/c1-23-11-14-8-13(10-20-17(14)22-23)15-3-2-12-9-16(27-18(12)21-15)19(25)24-4-6-26-7-5-24/h2-3,8-11H,4-7H2,1H3. The predicted molar refractivity (Wildman–Crippen MR) is 104 cm³/mol. The largest absolute Gasteiger partial charge is 0.378 e. The molecule has 0 aliphatic carbocycles. The average molecular weight is 379 g/mol. The maximum absolute atomic E-state index is 12.7. The summed E-state index contributed by atoms with van der Waals surface area (Å²) in [5, 5.41) is 6.26. The lowest BCUT2D eigenvalue weighted by molar-refractivity contribution is 0.0306. The van der Waals surface area contributed by atoms with E-state index in [1.807, 2.05) is 42.4 Å². The van der Waals surface area contributed by atoms with Crippen LogP contribution in [-0.4, -0.2) is 56.9 Å². The lowest BCUT2D eigenvalue weighted by atomic mass is 10.1. The maximum Gasteiger partial charge on any atom is 0.264 e. The first-order valence-corrected chi connectivity index (χ1v) is 9.56. The zero-order valence-corrected chi connectivity index (χ0v) is 15.6. The van der Waals surface area contributed by atoms with Crippen LogP contribution in [0.15, 0.2) is 36.7 Å². The van der Waals surface area contributed by atoms with Gasteiger partial charge in [-0.25, -0.2) is 9.97 Å². The molecule has 0 bridgehead atoms. The van der Waals surface area contributed by atoms with Crippen LogP contribution in [0.1, 0.15) is 9.67 Å². The highest BCUT2D eigenvalue weighted by Crippen LogP contribution is 2.29. The lowest BCUT2D eigenvalue weighted by Gasteiger charge is -2.26. The average Bonchev–Trinajstić information content (AvgIpc) is 3.29. The molecule has 0 N–H and O–H groups in total. The van der Waals surface area contributed by atoms with Gasteiger partial charge in [-0.2, -0.15) is 5.10 Å². The summed E-state index contributed by atoms with van der Waals surface area (Å²) in [6.07, 6.45) is 3.73. The van der Waals surface area contributed by atoms with Crippen molar-refractivity contribution < 1.29 is 9.53 Å². The second-order valence-corrected chi connectivity index (χ2v) is 7.58. The Hall–Kier alpha value is -2.84. The topological polar surface area (TPSA) is 73.1 Å². The van der Waals surface area contributed by atoms with Gasteiger partial charge < -0.3 is 9.64 Å². The molecule has 5 heterocycles. The molecule has 0 radical (unpaired) electrons. The molecule has 0 unspecified atom stereocenters. The van der Waals surface area contributed by atoms with Gasteiger partial charge in [-0.1, -0.05) is 0 Å². The SMILES string of the molecule is Cn1cc2cc(-c3ccc4cc(C(=O)N5CCOCC5)sc4n3)cnc2n1. The normalized spacial score (nSPS) is 14.9. The van der Waals surface area contributed by atoms with Crippen LogP contribution >= 0.6 is 11.3 Å². The van der Waals surface area contributed by atoms with E-state index in [0.29, 0.717) is 26.3 Å². The van der Waals surface area contributed by atoms with Gasteiger partial charge in [-0.05, 0) is 24.3 Å². The quantitative estimate of drug-likeness (QED) is 0.535. The van der Waals surface area contributed by atoms with Gasteiger partial charge in [0.25, 0.3) is 5.91 Å². The minimum Gasteiger partial charge on any atom is -0.378 e. The number of pyridine rings is 2. The summed E-state index contributed by atoms with van der Waals surface area (Å²) in [6, 6.07) is 7.95. The van der Waals surface area contributed by atoms with Crippen molar-refractivity contribution in [1.82, 2.24) is 24.6 Å². The van der Waals surface area contributed by atoms with Gasteiger partial charge in [-0.15, -0.1) is 11.3 Å². The highest BCUT2D eigenvalue weighted by atomic mass is 32.1. The third-order valence-electron chi connectivity index (χ3n) is 4.66. The minimum atomic E-state index is 0.0568. The zero-order chi connectivity index (χ0) is 18.4. The van der Waals surface area contributed by atoms with Crippen LogP contribution in [0.3, 0.4) is 0 Å². The molecular weight excluding hydrogens is 362 g/mol. The molecule has 136 valence electrons. The van der Waals surface area contributed by atoms with E-state index in [4.69, 9.17) is 9.72 Å². The van der Waals surface area contributed by atoms with Crippen LogP contribution in [0.2, 0.25) is 0 Å². The third kappa shape index (κ3) is 2.96. The second-order valence-electron chi connectivity index (χ2n) is 6.55. The number of thiophene rings is 1. The van der Waals surface area contributed by atoms with E-state index in [1.165, 1.54) is 11.3 Å². The summed E-state index contributed by atoms with van der Waals surface area (Å²) in [7, 11) is 1.88. The van der Waals surface area contributed by atoms with Crippen LogP contribution < -0.4 is 0 Å². The van der Waals surface area contributed by atoms with Gasteiger partial charge in [0.1, 0.15) is 4.83 Å². The summed E-state index contributed by atoms with van der Waals surface area (Å²) >= 11 is 1.44. The van der Waals surface area contributed by atoms with Gasteiger partial charge in [0, 0.05) is 48.9 Å². The molecule has 1 amide bonds. The first-order chi connectivity index (χ1) is 13.2. The molecule has 4 aromatic rings. The Balaban J connectivity index is 1.50. The molecule has 8 heteroatoms. The van der Waals surface area contributed by atoms with Gasteiger partial charge in [0.2, 0.25) is 0 Å². The van der Waals surface area contributed by atoms with Crippen molar-refractivity contribution in [1.29, 1.82) is 0 Å². The number of fused-ring (bicyclic) bond motifs is 2. The molecule has 4 aromatic heterocycles. The summed E-state index contributed by atoms with van der Waals surface area (Å²) in [4.78, 5) is 25.3. The van der Waals surface area contributed by atoms with Crippen molar-refractivity contribution in [3.63, 3.8) is 0 Å². The number of amides is 1.